The zero-order chi connectivity index (χ0) is 13.5. The summed E-state index contributed by atoms with van der Waals surface area (Å²) in [4.78, 5) is 5.15. The molecule has 0 aromatic heterocycles. The Kier molecular flexibility index (Phi) is 18.0. The van der Waals surface area contributed by atoms with Crippen molar-refractivity contribution in [3.05, 3.63) is 0 Å². The van der Waals surface area contributed by atoms with Crippen LogP contribution in [0.2, 0.25) is 0 Å². The van der Waals surface area contributed by atoms with Gasteiger partial charge in [-0.25, -0.2) is 0 Å². The van der Waals surface area contributed by atoms with E-state index in [9.17, 15) is 0 Å². The molecule has 0 aromatic carbocycles. The Bertz CT molecular complexity index is 115. The molecule has 0 aromatic rings. The minimum Gasteiger partial charge on any atom is -0.301 e. The Morgan fingerprint density at radius 1 is 0.706 bits per heavy atom. The normalized spacial score (nSPS) is 16.6. The van der Waals surface area contributed by atoms with Crippen molar-refractivity contribution in [3.63, 3.8) is 0 Å². The Balaban J connectivity index is 0. The van der Waals surface area contributed by atoms with Crippen LogP contribution in [0.3, 0.4) is 0 Å². The fraction of sp³-hybridized carbons (Fsp3) is 1.00. The van der Waals surface area contributed by atoms with Crippen LogP contribution in [0.4, 0.5) is 0 Å². The van der Waals surface area contributed by atoms with E-state index in [1.54, 1.807) is 0 Å². The Morgan fingerprint density at radius 2 is 1.18 bits per heavy atom. The summed E-state index contributed by atoms with van der Waals surface area (Å²) >= 11 is 0. The van der Waals surface area contributed by atoms with Crippen molar-refractivity contribution >= 4 is 0 Å². The minimum atomic E-state index is 1.23. The zero-order valence-corrected chi connectivity index (χ0v) is 13.3. The lowest BCUT2D eigenvalue weighted by Crippen LogP contribution is -2.46. The first-order valence-electron chi connectivity index (χ1n) is 7.81. The Hall–Kier alpha value is -0.0800. The van der Waals surface area contributed by atoms with Crippen LogP contribution in [0.1, 0.15) is 60.8 Å². The fourth-order valence-corrected chi connectivity index (χ4v) is 1.91. The van der Waals surface area contributed by atoms with Gasteiger partial charge in [-0.15, -0.1) is 0 Å². The summed E-state index contributed by atoms with van der Waals surface area (Å²) in [5.74, 6) is 0. The molecule has 0 bridgehead atoms. The molecule has 0 saturated carbocycles. The third-order valence-electron chi connectivity index (χ3n) is 2.99. The van der Waals surface area contributed by atoms with Crippen LogP contribution in [0, 0.1) is 0 Å². The predicted molar refractivity (Wildman–Crippen MR) is 80.8 cm³/mol. The topological polar surface area (TPSA) is 6.48 Å². The van der Waals surface area contributed by atoms with Crippen LogP contribution in [0.15, 0.2) is 0 Å². The van der Waals surface area contributed by atoms with Gasteiger partial charge < -0.3 is 9.80 Å². The van der Waals surface area contributed by atoms with E-state index in [-0.39, 0.29) is 0 Å². The number of hydrogen-bond donors (Lipinski definition) is 0. The van der Waals surface area contributed by atoms with Crippen LogP contribution in [-0.2, 0) is 0 Å². The van der Waals surface area contributed by atoms with Crippen molar-refractivity contribution in [1.29, 1.82) is 0 Å². The predicted octanol–water partition coefficient (Wildman–Crippen LogP) is 3.87. The number of nitrogens with zero attached hydrogens (tertiary/aromatic N) is 2. The molecule has 0 unspecified atom stereocenters. The summed E-state index contributed by atoms with van der Waals surface area (Å²) in [7, 11) is 0. The Morgan fingerprint density at radius 3 is 1.59 bits per heavy atom. The SMILES string of the molecule is CC.CC.CCCCCN1CCN(CC)CC1. The average Bonchev–Trinajstić information content (AvgIpc) is 2.44. The van der Waals surface area contributed by atoms with Gasteiger partial charge in [-0.05, 0) is 19.5 Å². The molecular weight excluding hydrogens is 208 g/mol. The molecule has 1 fully saturated rings. The summed E-state index contributed by atoms with van der Waals surface area (Å²) in [5, 5.41) is 0. The lowest BCUT2D eigenvalue weighted by atomic mass is 10.2. The summed E-state index contributed by atoms with van der Waals surface area (Å²) in [6.45, 7) is 20.2. The van der Waals surface area contributed by atoms with Crippen molar-refractivity contribution < 1.29 is 0 Å². The number of unbranched alkanes of at least 4 members (excludes halogenated alkanes) is 2. The first-order valence-corrected chi connectivity index (χ1v) is 7.81. The van der Waals surface area contributed by atoms with E-state index in [1.165, 1.54) is 58.5 Å². The van der Waals surface area contributed by atoms with Gasteiger partial charge in [-0.1, -0.05) is 54.4 Å². The van der Waals surface area contributed by atoms with E-state index in [2.05, 4.69) is 23.6 Å². The molecule has 0 atom stereocenters. The van der Waals surface area contributed by atoms with E-state index in [0.717, 1.165) is 0 Å². The molecule has 1 saturated heterocycles. The van der Waals surface area contributed by atoms with Gasteiger partial charge in [0.25, 0.3) is 0 Å². The van der Waals surface area contributed by atoms with Gasteiger partial charge in [0.05, 0.1) is 0 Å². The van der Waals surface area contributed by atoms with Gasteiger partial charge in [-0.2, -0.15) is 0 Å². The van der Waals surface area contributed by atoms with Crippen LogP contribution in [0.5, 0.6) is 0 Å². The van der Waals surface area contributed by atoms with Gasteiger partial charge in [0.2, 0.25) is 0 Å². The summed E-state index contributed by atoms with van der Waals surface area (Å²) in [6, 6.07) is 0. The van der Waals surface area contributed by atoms with Crippen molar-refractivity contribution in [2.75, 3.05) is 39.3 Å². The maximum Gasteiger partial charge on any atom is 0.0110 e. The van der Waals surface area contributed by atoms with E-state index in [1.807, 2.05) is 27.7 Å². The van der Waals surface area contributed by atoms with E-state index in [0.29, 0.717) is 0 Å². The molecular formula is C15H36N2. The molecule has 17 heavy (non-hydrogen) atoms. The second kappa shape index (κ2) is 15.9. The molecule has 2 heteroatoms. The number of piperazine rings is 1. The highest BCUT2D eigenvalue weighted by Gasteiger charge is 2.13. The van der Waals surface area contributed by atoms with Crippen LogP contribution < -0.4 is 0 Å². The van der Waals surface area contributed by atoms with Gasteiger partial charge >= 0.3 is 0 Å². The highest BCUT2D eigenvalue weighted by atomic mass is 15.3. The second-order valence-corrected chi connectivity index (χ2v) is 3.98. The van der Waals surface area contributed by atoms with Crippen LogP contribution in [0.25, 0.3) is 0 Å². The summed E-state index contributed by atoms with van der Waals surface area (Å²) < 4.78 is 0. The number of rotatable bonds is 5. The van der Waals surface area contributed by atoms with E-state index in [4.69, 9.17) is 0 Å². The van der Waals surface area contributed by atoms with Crippen molar-refractivity contribution in [2.45, 2.75) is 60.8 Å². The smallest absolute Gasteiger partial charge is 0.0110 e. The molecule has 1 rings (SSSR count). The molecule has 0 radical (unpaired) electrons. The monoisotopic (exact) mass is 244 g/mol. The van der Waals surface area contributed by atoms with Crippen molar-refractivity contribution in [1.82, 2.24) is 9.80 Å². The maximum atomic E-state index is 2.61. The fourth-order valence-electron chi connectivity index (χ4n) is 1.91. The first kappa shape index (κ1) is 19.3. The maximum absolute atomic E-state index is 2.61. The lowest BCUT2D eigenvalue weighted by molar-refractivity contribution is 0.135. The summed E-state index contributed by atoms with van der Waals surface area (Å²) in [5.41, 5.74) is 0. The molecule has 1 aliphatic heterocycles. The number of hydrogen-bond acceptors (Lipinski definition) is 2. The second-order valence-electron chi connectivity index (χ2n) is 3.98. The lowest BCUT2D eigenvalue weighted by Gasteiger charge is -2.33. The van der Waals surface area contributed by atoms with Crippen LogP contribution in [-0.4, -0.2) is 49.1 Å². The molecule has 2 nitrogen and oxygen atoms in total. The Labute approximate surface area is 110 Å². The molecule has 0 amide bonds. The molecule has 106 valence electrons. The zero-order valence-electron chi connectivity index (χ0n) is 13.3. The molecule has 1 heterocycles. The van der Waals surface area contributed by atoms with Crippen molar-refractivity contribution in [2.24, 2.45) is 0 Å². The van der Waals surface area contributed by atoms with Gasteiger partial charge in [0, 0.05) is 26.2 Å². The summed E-state index contributed by atoms with van der Waals surface area (Å²) in [6.07, 6.45) is 4.13. The quantitative estimate of drug-likeness (QED) is 0.678. The average molecular weight is 244 g/mol. The van der Waals surface area contributed by atoms with Crippen LogP contribution >= 0.6 is 0 Å². The highest BCUT2D eigenvalue weighted by Crippen LogP contribution is 2.03. The molecule has 0 aliphatic carbocycles. The molecule has 0 spiro atoms. The largest absolute Gasteiger partial charge is 0.301 e. The third-order valence-corrected chi connectivity index (χ3v) is 2.99. The molecule has 0 N–H and O–H groups in total. The van der Waals surface area contributed by atoms with E-state index < -0.39 is 0 Å². The number of likely N-dealkylation sites (N-methyl/N-ethyl adjacent to an activating group) is 1. The minimum absolute atomic E-state index is 1.23. The first-order chi connectivity index (χ1) is 8.36. The standard InChI is InChI=1S/C11H24N2.2C2H6/c1-3-5-6-7-13-10-8-12(4-2)9-11-13;2*1-2/h3-11H2,1-2H3;2*1-2H3. The van der Waals surface area contributed by atoms with Gasteiger partial charge in [0.15, 0.2) is 0 Å². The van der Waals surface area contributed by atoms with E-state index >= 15 is 0 Å². The third kappa shape index (κ3) is 10.8. The van der Waals surface area contributed by atoms with Gasteiger partial charge in [-0.3, -0.25) is 0 Å². The molecule has 1 aliphatic rings. The van der Waals surface area contributed by atoms with Gasteiger partial charge in [0.1, 0.15) is 0 Å². The highest BCUT2D eigenvalue weighted by molar-refractivity contribution is 4.70. The van der Waals surface area contributed by atoms with Crippen molar-refractivity contribution in [3.8, 4) is 0 Å².